The van der Waals surface area contributed by atoms with Gasteiger partial charge in [0.15, 0.2) is 5.11 Å². The molecule has 0 bridgehead atoms. The molecule has 0 amide bonds. The number of rotatable bonds is 7. The molecule has 0 saturated carbocycles. The van der Waals surface area contributed by atoms with Gasteiger partial charge in [0.25, 0.3) is 0 Å². The summed E-state index contributed by atoms with van der Waals surface area (Å²) < 4.78 is 0. The van der Waals surface area contributed by atoms with E-state index in [1.165, 1.54) is 0 Å². The molecule has 1 heterocycles. The number of hydrogen-bond acceptors (Lipinski definition) is 3. The van der Waals surface area contributed by atoms with Crippen LogP contribution in [-0.2, 0) is 4.79 Å². The van der Waals surface area contributed by atoms with E-state index in [0.717, 1.165) is 31.4 Å². The van der Waals surface area contributed by atoms with E-state index in [-0.39, 0.29) is 5.92 Å². The highest BCUT2D eigenvalue weighted by atomic mass is 35.5. The monoisotopic (exact) mass is 383 g/mol. The van der Waals surface area contributed by atoms with Crippen LogP contribution in [0, 0.1) is 5.92 Å². The lowest BCUT2D eigenvalue weighted by molar-refractivity contribution is -0.145. The van der Waals surface area contributed by atoms with E-state index in [9.17, 15) is 9.90 Å². The van der Waals surface area contributed by atoms with Crippen molar-refractivity contribution in [2.45, 2.75) is 44.6 Å². The summed E-state index contributed by atoms with van der Waals surface area (Å²) in [5, 5.41) is 14.1. The molecule has 1 aliphatic heterocycles. The Morgan fingerprint density at radius 3 is 2.72 bits per heavy atom. The number of nitrogens with zero attached hydrogens (tertiary/aromatic N) is 1. The molecular weight excluding hydrogens is 358 g/mol. The third kappa shape index (κ3) is 5.06. The maximum absolute atomic E-state index is 11.8. The predicted molar refractivity (Wildman–Crippen MR) is 106 cm³/mol. The number of unbranched alkanes of at least 4 members (excludes halogenated alkanes) is 2. The molecule has 1 aliphatic rings. The molecule has 1 fully saturated rings. The van der Waals surface area contributed by atoms with Crippen molar-refractivity contribution < 1.29 is 9.90 Å². The van der Waals surface area contributed by atoms with Crippen molar-refractivity contribution in [1.82, 2.24) is 4.90 Å². The van der Waals surface area contributed by atoms with E-state index in [2.05, 4.69) is 12.2 Å². The zero-order valence-corrected chi connectivity index (χ0v) is 16.1. The third-order valence-electron chi connectivity index (χ3n) is 4.89. The van der Waals surface area contributed by atoms with Crippen LogP contribution < -0.4 is 11.1 Å². The second kappa shape index (κ2) is 8.83. The van der Waals surface area contributed by atoms with E-state index < -0.39 is 11.5 Å². The highest BCUT2D eigenvalue weighted by molar-refractivity contribution is 7.80. The van der Waals surface area contributed by atoms with Crippen LogP contribution in [0.4, 0.5) is 5.69 Å². The molecule has 2 unspecified atom stereocenters. The number of halogens is 1. The van der Waals surface area contributed by atoms with Gasteiger partial charge in [-0.2, -0.15) is 0 Å². The average molecular weight is 384 g/mol. The zero-order chi connectivity index (χ0) is 18.4. The summed E-state index contributed by atoms with van der Waals surface area (Å²) in [6.45, 7) is 3.37. The summed E-state index contributed by atoms with van der Waals surface area (Å²) in [5.41, 5.74) is 5.99. The Morgan fingerprint density at radius 2 is 2.12 bits per heavy atom. The van der Waals surface area contributed by atoms with Crippen LogP contribution in [-0.4, -0.2) is 39.7 Å². The number of aliphatic carboxylic acids is 1. The van der Waals surface area contributed by atoms with Gasteiger partial charge in [-0.05, 0) is 49.3 Å². The number of likely N-dealkylation sites (tertiary alicyclic amines) is 1. The number of anilines is 1. The molecule has 0 spiro atoms. The topological polar surface area (TPSA) is 78.6 Å². The minimum Gasteiger partial charge on any atom is -0.480 e. The number of carboxylic acid groups (broad SMARTS) is 1. The SMILES string of the molecule is CCCCCC(N)(C(=O)O)C1CCN(C(=S)Nc2ccc(Cl)cc2)C1. The predicted octanol–water partition coefficient (Wildman–Crippen LogP) is 3.72. The van der Waals surface area contributed by atoms with Crippen LogP contribution in [0.2, 0.25) is 5.02 Å². The lowest BCUT2D eigenvalue weighted by Gasteiger charge is -2.31. The first-order valence-electron chi connectivity index (χ1n) is 8.70. The number of nitrogens with one attached hydrogen (secondary N) is 1. The molecule has 2 atom stereocenters. The standard InChI is InChI=1S/C18H26ClN3O2S/c1-2-3-4-10-18(20,16(23)24)13-9-11-22(12-13)17(25)21-15-7-5-14(19)6-8-15/h5-8,13H,2-4,9-12,20H2,1H3,(H,21,25)(H,23,24). The molecule has 1 aromatic carbocycles. The average Bonchev–Trinajstić information content (AvgIpc) is 3.07. The van der Waals surface area contributed by atoms with Crippen molar-refractivity contribution in [2.24, 2.45) is 11.7 Å². The minimum absolute atomic E-state index is 0.105. The van der Waals surface area contributed by atoms with Crippen LogP contribution >= 0.6 is 23.8 Å². The van der Waals surface area contributed by atoms with Crippen LogP contribution in [0.3, 0.4) is 0 Å². The summed E-state index contributed by atoms with van der Waals surface area (Å²) in [7, 11) is 0. The van der Waals surface area contributed by atoms with Crippen molar-refractivity contribution >= 4 is 40.6 Å². The smallest absolute Gasteiger partial charge is 0.324 e. The third-order valence-corrected chi connectivity index (χ3v) is 5.50. The van der Waals surface area contributed by atoms with E-state index in [4.69, 9.17) is 29.6 Å². The maximum atomic E-state index is 11.8. The number of thiocarbonyl (C=S) groups is 1. The summed E-state index contributed by atoms with van der Waals surface area (Å²) in [6.07, 6.45) is 4.12. The van der Waals surface area contributed by atoms with Crippen LogP contribution in [0.15, 0.2) is 24.3 Å². The van der Waals surface area contributed by atoms with Gasteiger partial charge in [0.2, 0.25) is 0 Å². The Hall–Kier alpha value is -1.37. The maximum Gasteiger partial charge on any atom is 0.324 e. The van der Waals surface area contributed by atoms with Gasteiger partial charge in [-0.1, -0.05) is 37.8 Å². The number of nitrogens with two attached hydrogens (primary N) is 1. The number of benzene rings is 1. The first-order chi connectivity index (χ1) is 11.9. The van der Waals surface area contributed by atoms with Gasteiger partial charge < -0.3 is 21.1 Å². The van der Waals surface area contributed by atoms with Crippen LogP contribution in [0.25, 0.3) is 0 Å². The van der Waals surface area contributed by atoms with Gasteiger partial charge >= 0.3 is 5.97 Å². The van der Waals surface area contributed by atoms with Gasteiger partial charge in [0, 0.05) is 29.7 Å². The molecule has 7 heteroatoms. The summed E-state index contributed by atoms with van der Waals surface area (Å²) in [4.78, 5) is 13.8. The van der Waals surface area contributed by atoms with Crippen molar-refractivity contribution in [3.63, 3.8) is 0 Å². The highest BCUT2D eigenvalue weighted by Crippen LogP contribution is 2.31. The Bertz CT molecular complexity index is 611. The molecule has 138 valence electrons. The van der Waals surface area contributed by atoms with Gasteiger partial charge in [0.1, 0.15) is 5.54 Å². The Morgan fingerprint density at radius 1 is 1.44 bits per heavy atom. The Balaban J connectivity index is 1.97. The van der Waals surface area contributed by atoms with Crippen molar-refractivity contribution in [3.8, 4) is 0 Å². The largest absolute Gasteiger partial charge is 0.480 e. The van der Waals surface area contributed by atoms with Gasteiger partial charge in [-0.25, -0.2) is 0 Å². The minimum atomic E-state index is -1.18. The first-order valence-corrected chi connectivity index (χ1v) is 9.49. The van der Waals surface area contributed by atoms with Crippen molar-refractivity contribution in [2.75, 3.05) is 18.4 Å². The molecule has 25 heavy (non-hydrogen) atoms. The Labute approximate surface area is 159 Å². The van der Waals surface area contributed by atoms with E-state index in [0.29, 0.717) is 29.6 Å². The first kappa shape index (κ1) is 19.9. The molecule has 0 aliphatic carbocycles. The highest BCUT2D eigenvalue weighted by Gasteiger charge is 2.45. The van der Waals surface area contributed by atoms with Gasteiger partial charge in [-0.15, -0.1) is 0 Å². The second-order valence-electron chi connectivity index (χ2n) is 6.67. The lowest BCUT2D eigenvalue weighted by atomic mass is 9.80. The molecule has 1 saturated heterocycles. The van der Waals surface area contributed by atoms with Crippen molar-refractivity contribution in [3.05, 3.63) is 29.3 Å². The molecule has 0 aromatic heterocycles. The van der Waals surface area contributed by atoms with Gasteiger partial charge in [0.05, 0.1) is 0 Å². The summed E-state index contributed by atoms with van der Waals surface area (Å²) in [6, 6.07) is 7.31. The fourth-order valence-electron chi connectivity index (χ4n) is 3.25. The van der Waals surface area contributed by atoms with Crippen molar-refractivity contribution in [1.29, 1.82) is 0 Å². The van der Waals surface area contributed by atoms with E-state index >= 15 is 0 Å². The fraction of sp³-hybridized carbons (Fsp3) is 0.556. The number of hydrogen-bond donors (Lipinski definition) is 3. The quantitative estimate of drug-likeness (QED) is 0.492. The summed E-state index contributed by atoms with van der Waals surface area (Å²) in [5.74, 6) is -1.01. The fourth-order valence-corrected chi connectivity index (χ4v) is 3.66. The Kier molecular flexibility index (Phi) is 7.04. The van der Waals surface area contributed by atoms with Crippen LogP contribution in [0.5, 0.6) is 0 Å². The normalized spacial score (nSPS) is 19.5. The number of carbonyl (C=O) groups is 1. The molecule has 1 aromatic rings. The van der Waals surface area contributed by atoms with E-state index in [1.54, 1.807) is 12.1 Å². The lowest BCUT2D eigenvalue weighted by Crippen LogP contribution is -2.55. The molecular formula is C18H26ClN3O2S. The van der Waals surface area contributed by atoms with E-state index in [1.807, 2.05) is 17.0 Å². The number of carboxylic acids is 1. The molecule has 2 rings (SSSR count). The second-order valence-corrected chi connectivity index (χ2v) is 7.49. The van der Waals surface area contributed by atoms with Crippen LogP contribution in [0.1, 0.15) is 39.0 Å². The zero-order valence-electron chi connectivity index (χ0n) is 14.5. The molecule has 4 N–H and O–H groups in total. The van der Waals surface area contributed by atoms with Gasteiger partial charge in [-0.3, -0.25) is 4.79 Å². The summed E-state index contributed by atoms with van der Waals surface area (Å²) >= 11 is 11.4. The molecule has 0 radical (unpaired) electrons. The molecule has 5 nitrogen and oxygen atoms in total.